The van der Waals surface area contributed by atoms with Gasteiger partial charge >= 0.3 is 5.97 Å². The number of ether oxygens (including phenoxy) is 1. The van der Waals surface area contributed by atoms with Gasteiger partial charge in [-0.15, -0.1) is 11.3 Å². The third-order valence-corrected chi connectivity index (χ3v) is 3.61. The van der Waals surface area contributed by atoms with E-state index in [0.29, 0.717) is 17.9 Å². The largest absolute Gasteiger partial charge is 0.462 e. The summed E-state index contributed by atoms with van der Waals surface area (Å²) < 4.78 is 5.25. The van der Waals surface area contributed by atoms with Crippen LogP contribution in [0.3, 0.4) is 0 Å². The zero-order chi connectivity index (χ0) is 13.0. The van der Waals surface area contributed by atoms with Crippen LogP contribution in [0.5, 0.6) is 0 Å². The maximum absolute atomic E-state index is 11.9. The summed E-state index contributed by atoms with van der Waals surface area (Å²) in [6.07, 6.45) is 0.745. The number of nitrogen functional groups attached to an aromatic ring is 1. The lowest BCUT2D eigenvalue weighted by molar-refractivity contribution is 0.0510. The maximum Gasteiger partial charge on any atom is 0.340 e. The summed E-state index contributed by atoms with van der Waals surface area (Å²) in [5, 5.41) is 2.01. The topological polar surface area (TPSA) is 52.3 Å². The number of hydrogen-bond acceptors (Lipinski definition) is 4. The van der Waals surface area contributed by atoms with E-state index in [9.17, 15) is 4.79 Å². The highest BCUT2D eigenvalue weighted by molar-refractivity contribution is 7.09. The molecule has 0 unspecified atom stereocenters. The molecule has 2 rings (SSSR count). The summed E-state index contributed by atoms with van der Waals surface area (Å²) in [5.74, 6) is -0.345. The molecule has 2 N–H and O–H groups in total. The molecule has 4 heteroatoms. The van der Waals surface area contributed by atoms with Crippen LogP contribution in [0.1, 0.15) is 20.8 Å². The Bertz CT molecular complexity index is 514. The number of nitrogens with two attached hydrogens (primary N) is 1. The van der Waals surface area contributed by atoms with Crippen molar-refractivity contribution in [3.63, 3.8) is 0 Å². The highest BCUT2D eigenvalue weighted by atomic mass is 32.1. The van der Waals surface area contributed by atoms with Crippen molar-refractivity contribution >= 4 is 23.0 Å². The molecular weight excluding hydrogens is 246 g/mol. The smallest absolute Gasteiger partial charge is 0.340 e. The Morgan fingerprint density at radius 3 is 2.83 bits per heavy atom. The number of thiophene rings is 1. The highest BCUT2D eigenvalue weighted by Gasteiger charge is 2.13. The second kappa shape index (κ2) is 5.69. The predicted molar refractivity (Wildman–Crippen MR) is 73.9 cm³/mol. The van der Waals surface area contributed by atoms with Gasteiger partial charge in [-0.2, -0.15) is 0 Å². The Morgan fingerprint density at radius 2 is 2.17 bits per heavy atom. The molecule has 0 saturated heterocycles. The van der Waals surface area contributed by atoms with E-state index in [1.54, 1.807) is 17.4 Å². The first-order chi connectivity index (χ1) is 8.68. The summed E-state index contributed by atoms with van der Waals surface area (Å²) in [6.45, 7) is 2.24. The maximum atomic E-state index is 11.9. The van der Waals surface area contributed by atoms with Crippen molar-refractivity contribution in [3.05, 3.63) is 51.7 Å². The number of rotatable bonds is 4. The van der Waals surface area contributed by atoms with Crippen LogP contribution in [0.4, 0.5) is 5.69 Å². The first-order valence-corrected chi connectivity index (χ1v) is 6.61. The minimum atomic E-state index is -0.345. The van der Waals surface area contributed by atoms with Crippen LogP contribution < -0.4 is 5.73 Å². The summed E-state index contributed by atoms with van der Waals surface area (Å²) in [4.78, 5) is 13.1. The van der Waals surface area contributed by atoms with Crippen molar-refractivity contribution in [1.82, 2.24) is 0 Å². The molecule has 1 aromatic carbocycles. The Kier molecular flexibility index (Phi) is 3.99. The van der Waals surface area contributed by atoms with Gasteiger partial charge in [0.05, 0.1) is 12.2 Å². The molecule has 0 aliphatic heterocycles. The second-order valence-corrected chi connectivity index (χ2v) is 5.04. The van der Waals surface area contributed by atoms with Crippen LogP contribution in [-0.4, -0.2) is 12.6 Å². The number of hydrogen-bond donors (Lipinski definition) is 1. The summed E-state index contributed by atoms with van der Waals surface area (Å²) in [5.41, 5.74) is 7.58. The van der Waals surface area contributed by atoms with Crippen molar-refractivity contribution in [2.24, 2.45) is 0 Å². The van der Waals surface area contributed by atoms with Crippen molar-refractivity contribution in [2.75, 3.05) is 12.3 Å². The average molecular weight is 261 g/mol. The monoisotopic (exact) mass is 261 g/mol. The zero-order valence-corrected chi connectivity index (χ0v) is 11.0. The van der Waals surface area contributed by atoms with Crippen LogP contribution in [0, 0.1) is 6.92 Å². The van der Waals surface area contributed by atoms with E-state index in [1.165, 1.54) is 4.88 Å². The molecular formula is C14H15NO2S. The van der Waals surface area contributed by atoms with Crippen LogP contribution >= 0.6 is 11.3 Å². The molecule has 0 bridgehead atoms. The van der Waals surface area contributed by atoms with E-state index >= 15 is 0 Å². The van der Waals surface area contributed by atoms with Crippen molar-refractivity contribution < 1.29 is 9.53 Å². The fourth-order valence-electron chi connectivity index (χ4n) is 1.74. The van der Waals surface area contributed by atoms with Gasteiger partial charge in [0.1, 0.15) is 0 Å². The van der Waals surface area contributed by atoms with E-state index in [4.69, 9.17) is 10.5 Å². The van der Waals surface area contributed by atoms with E-state index in [1.807, 2.05) is 36.6 Å². The molecule has 18 heavy (non-hydrogen) atoms. The number of carbonyl (C=O) groups is 1. The molecule has 2 aromatic rings. The highest BCUT2D eigenvalue weighted by Crippen LogP contribution is 2.17. The second-order valence-electron chi connectivity index (χ2n) is 4.00. The van der Waals surface area contributed by atoms with Gasteiger partial charge in [0.25, 0.3) is 0 Å². The summed E-state index contributed by atoms with van der Waals surface area (Å²) in [7, 11) is 0. The fourth-order valence-corrected chi connectivity index (χ4v) is 2.43. The molecule has 0 aliphatic rings. The molecule has 0 amide bonds. The fraction of sp³-hybridized carbons (Fsp3) is 0.214. The minimum absolute atomic E-state index is 0.345. The first-order valence-electron chi connectivity index (χ1n) is 5.73. The van der Waals surface area contributed by atoms with Crippen molar-refractivity contribution in [1.29, 1.82) is 0 Å². The van der Waals surface area contributed by atoms with Crippen LogP contribution in [0.15, 0.2) is 35.7 Å². The van der Waals surface area contributed by atoms with E-state index in [-0.39, 0.29) is 5.97 Å². The number of esters is 1. The SMILES string of the molecule is Cc1cccc(N)c1C(=O)OCCc1cccs1. The van der Waals surface area contributed by atoms with Gasteiger partial charge in [0.15, 0.2) is 0 Å². The Hall–Kier alpha value is -1.81. The third kappa shape index (κ3) is 2.90. The third-order valence-electron chi connectivity index (χ3n) is 2.67. The molecule has 0 aliphatic carbocycles. The zero-order valence-electron chi connectivity index (χ0n) is 10.2. The lowest BCUT2D eigenvalue weighted by Gasteiger charge is -2.08. The van der Waals surface area contributed by atoms with Gasteiger partial charge in [-0.05, 0) is 30.0 Å². The minimum Gasteiger partial charge on any atom is -0.462 e. The molecule has 94 valence electrons. The summed E-state index contributed by atoms with van der Waals surface area (Å²) in [6, 6.07) is 9.41. The Morgan fingerprint density at radius 1 is 1.33 bits per heavy atom. The van der Waals surface area contributed by atoms with Gasteiger partial charge in [-0.25, -0.2) is 4.79 Å². The lowest BCUT2D eigenvalue weighted by atomic mass is 10.1. The molecule has 3 nitrogen and oxygen atoms in total. The van der Waals surface area contributed by atoms with Gasteiger partial charge in [0.2, 0.25) is 0 Å². The predicted octanol–water partition coefficient (Wildman–Crippen LogP) is 3.04. The molecule has 0 radical (unpaired) electrons. The summed E-state index contributed by atoms with van der Waals surface area (Å²) >= 11 is 1.66. The molecule has 0 atom stereocenters. The van der Waals surface area contributed by atoms with E-state index in [2.05, 4.69) is 0 Å². The van der Waals surface area contributed by atoms with Crippen LogP contribution in [0.25, 0.3) is 0 Å². The quantitative estimate of drug-likeness (QED) is 0.680. The van der Waals surface area contributed by atoms with Crippen molar-refractivity contribution in [3.8, 4) is 0 Å². The van der Waals surface area contributed by atoms with Crippen LogP contribution in [0.2, 0.25) is 0 Å². The molecule has 0 spiro atoms. The van der Waals surface area contributed by atoms with E-state index < -0.39 is 0 Å². The number of aryl methyl sites for hydroxylation is 1. The molecule has 1 aromatic heterocycles. The Balaban J connectivity index is 1.96. The van der Waals surface area contributed by atoms with Crippen molar-refractivity contribution in [2.45, 2.75) is 13.3 Å². The number of benzene rings is 1. The number of anilines is 1. The standard InChI is InChI=1S/C14H15NO2S/c1-10-4-2-6-12(15)13(10)14(16)17-8-7-11-5-3-9-18-11/h2-6,9H,7-8,15H2,1H3. The molecule has 0 saturated carbocycles. The normalized spacial score (nSPS) is 10.3. The van der Waals surface area contributed by atoms with Crippen LogP contribution in [-0.2, 0) is 11.2 Å². The molecule has 1 heterocycles. The average Bonchev–Trinajstić information content (AvgIpc) is 2.82. The van der Waals surface area contributed by atoms with Gasteiger partial charge < -0.3 is 10.5 Å². The van der Waals surface area contributed by atoms with Gasteiger partial charge in [-0.1, -0.05) is 18.2 Å². The van der Waals surface area contributed by atoms with E-state index in [0.717, 1.165) is 12.0 Å². The molecule has 0 fully saturated rings. The van der Waals surface area contributed by atoms with Gasteiger partial charge in [0, 0.05) is 17.0 Å². The first kappa shape index (κ1) is 12.6. The lowest BCUT2D eigenvalue weighted by Crippen LogP contribution is -2.11. The van der Waals surface area contributed by atoms with Gasteiger partial charge in [-0.3, -0.25) is 0 Å². The number of carbonyl (C=O) groups excluding carboxylic acids is 1. The Labute approximate surface area is 110 Å².